The number of rotatable bonds is 5. The molecule has 0 bridgehead atoms. The van der Waals surface area contributed by atoms with Crippen LogP contribution in [0, 0.1) is 0 Å². The number of aromatic nitrogens is 5. The Morgan fingerprint density at radius 3 is 1.15 bits per heavy atom. The summed E-state index contributed by atoms with van der Waals surface area (Å²) in [6.45, 7) is 0. The van der Waals surface area contributed by atoms with Crippen molar-refractivity contribution in [3.05, 3.63) is 212 Å². The normalized spacial score (nSPS) is 11.9. The van der Waals surface area contributed by atoms with Gasteiger partial charge in [-0.15, -0.1) is 0 Å². The van der Waals surface area contributed by atoms with Crippen molar-refractivity contribution in [3.63, 3.8) is 0 Å². The summed E-state index contributed by atoms with van der Waals surface area (Å²) in [5.74, 6) is 1.91. The SMILES string of the molecule is c1ccc(-c2nc(-c3ccccc3)nc(-c3cccc(-n4c5ccccc5c5c6c7ccccc7n(-c7ccc8c9ccccc9c9ccccc9c8c7)c6ccc54)c3)n2)cc1. The van der Waals surface area contributed by atoms with Crippen LogP contribution >= 0.6 is 0 Å². The number of para-hydroxylation sites is 2. The molecular formula is C57H35N5. The van der Waals surface area contributed by atoms with Crippen LogP contribution in [0.25, 0.3) is 121 Å². The van der Waals surface area contributed by atoms with Crippen LogP contribution in [0.4, 0.5) is 0 Å². The second-order valence-corrected chi connectivity index (χ2v) is 16.0. The number of hydrogen-bond donors (Lipinski definition) is 0. The molecule has 0 radical (unpaired) electrons. The van der Waals surface area contributed by atoms with E-state index in [0.717, 1.165) is 39.1 Å². The van der Waals surface area contributed by atoms with Gasteiger partial charge in [-0.1, -0.05) is 164 Å². The Bertz CT molecular complexity index is 3830. The summed E-state index contributed by atoms with van der Waals surface area (Å²) < 4.78 is 4.85. The van der Waals surface area contributed by atoms with Crippen molar-refractivity contribution in [2.24, 2.45) is 0 Å². The minimum atomic E-state index is 0.627. The summed E-state index contributed by atoms with van der Waals surface area (Å²) >= 11 is 0. The first kappa shape index (κ1) is 34.5. The number of hydrogen-bond acceptors (Lipinski definition) is 3. The standard InChI is InChI=1S/C57H35N5/c1-3-16-36(17-4-1)55-58-56(37-18-5-2-6-19-37)60-57(59-55)38-20-15-21-39(34-38)61-49-28-13-11-26-46(49)53-51(61)32-33-52-54(53)47-27-12-14-29-50(47)62(52)40-30-31-45-43-24-8-7-22-41(43)42-23-9-10-25-44(42)48(45)35-40/h1-35H. The fraction of sp³-hybridized carbons (Fsp3) is 0. The third kappa shape index (κ3) is 5.18. The van der Waals surface area contributed by atoms with Crippen LogP contribution in [0.15, 0.2) is 212 Å². The van der Waals surface area contributed by atoms with Gasteiger partial charge in [-0.25, -0.2) is 15.0 Å². The lowest BCUT2D eigenvalue weighted by Gasteiger charge is -2.14. The number of fused-ring (bicyclic) bond motifs is 13. The maximum absolute atomic E-state index is 5.07. The van der Waals surface area contributed by atoms with Gasteiger partial charge in [-0.05, 0) is 80.8 Å². The minimum absolute atomic E-state index is 0.627. The molecule has 0 unspecified atom stereocenters. The Balaban J connectivity index is 1.04. The third-order valence-electron chi connectivity index (χ3n) is 12.5. The van der Waals surface area contributed by atoms with Crippen molar-refractivity contribution >= 4 is 75.9 Å². The molecule has 0 aliphatic heterocycles. The summed E-state index contributed by atoms with van der Waals surface area (Å²) in [7, 11) is 0. The Hall–Kier alpha value is -8.41. The van der Waals surface area contributed by atoms with E-state index in [1.807, 2.05) is 60.7 Å². The van der Waals surface area contributed by atoms with Gasteiger partial charge < -0.3 is 9.13 Å². The van der Waals surface area contributed by atoms with E-state index in [9.17, 15) is 0 Å². The van der Waals surface area contributed by atoms with Gasteiger partial charge in [0.1, 0.15) is 0 Å². The zero-order chi connectivity index (χ0) is 40.7. The molecule has 0 aliphatic carbocycles. The highest BCUT2D eigenvalue weighted by molar-refractivity contribution is 6.29. The average Bonchev–Trinajstić information content (AvgIpc) is 3.87. The van der Waals surface area contributed by atoms with Crippen molar-refractivity contribution < 1.29 is 0 Å². The zero-order valence-electron chi connectivity index (χ0n) is 33.4. The molecule has 5 heteroatoms. The van der Waals surface area contributed by atoms with E-state index >= 15 is 0 Å². The maximum Gasteiger partial charge on any atom is 0.164 e. The van der Waals surface area contributed by atoms with Gasteiger partial charge in [0.25, 0.3) is 0 Å². The molecule has 0 N–H and O–H groups in total. The predicted octanol–water partition coefficient (Wildman–Crippen LogP) is 14.5. The van der Waals surface area contributed by atoms with Crippen molar-refractivity contribution in [2.45, 2.75) is 0 Å². The average molecular weight is 790 g/mol. The van der Waals surface area contributed by atoms with Crippen LogP contribution < -0.4 is 0 Å². The lowest BCUT2D eigenvalue weighted by Crippen LogP contribution is -2.01. The third-order valence-corrected chi connectivity index (χ3v) is 12.5. The monoisotopic (exact) mass is 789 g/mol. The van der Waals surface area contributed by atoms with E-state index in [1.54, 1.807) is 0 Å². The molecule has 10 aromatic carbocycles. The molecule has 3 aromatic heterocycles. The second kappa shape index (κ2) is 13.6. The molecule has 62 heavy (non-hydrogen) atoms. The van der Waals surface area contributed by atoms with Gasteiger partial charge >= 0.3 is 0 Å². The van der Waals surface area contributed by atoms with Crippen molar-refractivity contribution in [1.29, 1.82) is 0 Å². The number of nitrogens with zero attached hydrogens (tertiary/aromatic N) is 5. The summed E-state index contributed by atoms with van der Waals surface area (Å²) in [6, 6.07) is 75.7. The molecule has 0 saturated carbocycles. The first-order valence-corrected chi connectivity index (χ1v) is 21.0. The van der Waals surface area contributed by atoms with Gasteiger partial charge in [0.2, 0.25) is 0 Å². The topological polar surface area (TPSA) is 48.5 Å². The van der Waals surface area contributed by atoms with Crippen molar-refractivity contribution in [2.75, 3.05) is 0 Å². The first-order valence-electron chi connectivity index (χ1n) is 21.0. The van der Waals surface area contributed by atoms with Crippen molar-refractivity contribution in [1.82, 2.24) is 24.1 Å². The first-order chi connectivity index (χ1) is 30.8. The van der Waals surface area contributed by atoms with E-state index < -0.39 is 0 Å². The maximum atomic E-state index is 5.07. The Kier molecular flexibility index (Phi) is 7.54. The van der Waals surface area contributed by atoms with Crippen LogP contribution in [0.1, 0.15) is 0 Å². The summed E-state index contributed by atoms with van der Waals surface area (Å²) in [5.41, 5.74) is 9.61. The van der Waals surface area contributed by atoms with E-state index in [1.165, 1.54) is 64.9 Å². The minimum Gasteiger partial charge on any atom is -0.309 e. The van der Waals surface area contributed by atoms with E-state index in [2.05, 4.69) is 161 Å². The van der Waals surface area contributed by atoms with Crippen LogP contribution in [0.2, 0.25) is 0 Å². The summed E-state index contributed by atoms with van der Waals surface area (Å²) in [4.78, 5) is 15.1. The van der Waals surface area contributed by atoms with Crippen molar-refractivity contribution in [3.8, 4) is 45.5 Å². The highest BCUT2D eigenvalue weighted by Gasteiger charge is 2.22. The van der Waals surface area contributed by atoms with Gasteiger partial charge in [0, 0.05) is 49.6 Å². The zero-order valence-corrected chi connectivity index (χ0v) is 33.4. The van der Waals surface area contributed by atoms with E-state index in [-0.39, 0.29) is 0 Å². The highest BCUT2D eigenvalue weighted by atomic mass is 15.0. The highest BCUT2D eigenvalue weighted by Crippen LogP contribution is 2.44. The molecule has 288 valence electrons. The molecule has 0 aliphatic rings. The van der Waals surface area contributed by atoms with Crippen LogP contribution in [-0.4, -0.2) is 24.1 Å². The fourth-order valence-electron chi connectivity index (χ4n) is 9.83. The largest absolute Gasteiger partial charge is 0.309 e. The van der Waals surface area contributed by atoms with E-state index in [0.29, 0.717) is 17.5 Å². The molecule has 0 amide bonds. The molecule has 0 atom stereocenters. The van der Waals surface area contributed by atoms with Crippen LogP contribution in [-0.2, 0) is 0 Å². The van der Waals surface area contributed by atoms with Crippen LogP contribution in [0.5, 0.6) is 0 Å². The molecule has 0 saturated heterocycles. The Labute approximate surface area is 356 Å². The smallest absolute Gasteiger partial charge is 0.164 e. The summed E-state index contributed by atoms with van der Waals surface area (Å²) in [5, 5.41) is 12.5. The van der Waals surface area contributed by atoms with Gasteiger partial charge in [0.05, 0.1) is 22.1 Å². The molecule has 5 nitrogen and oxygen atoms in total. The molecular weight excluding hydrogens is 755 g/mol. The Morgan fingerprint density at radius 2 is 0.629 bits per heavy atom. The second-order valence-electron chi connectivity index (χ2n) is 16.0. The molecule has 13 aromatic rings. The lowest BCUT2D eigenvalue weighted by molar-refractivity contribution is 1.07. The molecule has 0 spiro atoms. The van der Waals surface area contributed by atoms with E-state index in [4.69, 9.17) is 15.0 Å². The van der Waals surface area contributed by atoms with Gasteiger partial charge in [0.15, 0.2) is 17.5 Å². The lowest BCUT2D eigenvalue weighted by atomic mass is 9.94. The summed E-state index contributed by atoms with van der Waals surface area (Å²) in [6.07, 6.45) is 0. The predicted molar refractivity (Wildman–Crippen MR) is 257 cm³/mol. The molecule has 13 rings (SSSR count). The molecule has 3 heterocycles. The fourth-order valence-corrected chi connectivity index (χ4v) is 9.83. The molecule has 0 fully saturated rings. The van der Waals surface area contributed by atoms with Gasteiger partial charge in [-0.2, -0.15) is 0 Å². The number of benzene rings is 10. The van der Waals surface area contributed by atoms with Gasteiger partial charge in [-0.3, -0.25) is 0 Å². The van der Waals surface area contributed by atoms with Crippen LogP contribution in [0.3, 0.4) is 0 Å². The Morgan fingerprint density at radius 1 is 0.242 bits per heavy atom. The quantitative estimate of drug-likeness (QED) is 0.163.